The number of halogens is 2. The van der Waals surface area contributed by atoms with Crippen LogP contribution in [0.15, 0.2) is 18.2 Å². The summed E-state index contributed by atoms with van der Waals surface area (Å²) in [7, 11) is 0. The van der Waals surface area contributed by atoms with Gasteiger partial charge in [0.15, 0.2) is 0 Å². The molecular formula is C16H24ClFN2. The summed E-state index contributed by atoms with van der Waals surface area (Å²) in [6.07, 6.45) is 3.33. The number of nitrogens with two attached hydrogens (primary N) is 1. The van der Waals surface area contributed by atoms with E-state index >= 15 is 0 Å². The van der Waals surface area contributed by atoms with Crippen LogP contribution in [0.4, 0.5) is 4.39 Å². The van der Waals surface area contributed by atoms with Crippen molar-refractivity contribution < 1.29 is 4.39 Å². The van der Waals surface area contributed by atoms with Crippen molar-refractivity contribution in [1.29, 1.82) is 0 Å². The number of hydrogen-bond donors (Lipinski definition) is 1. The molecule has 0 aliphatic carbocycles. The van der Waals surface area contributed by atoms with E-state index in [1.54, 1.807) is 6.07 Å². The molecule has 2 nitrogen and oxygen atoms in total. The number of nitrogens with zero attached hydrogens (tertiary/aromatic N) is 1. The van der Waals surface area contributed by atoms with Gasteiger partial charge in [0.05, 0.1) is 5.02 Å². The van der Waals surface area contributed by atoms with E-state index in [0.717, 1.165) is 31.5 Å². The molecule has 2 atom stereocenters. The molecule has 0 radical (unpaired) electrons. The van der Waals surface area contributed by atoms with E-state index in [0.29, 0.717) is 5.92 Å². The third-order valence-electron chi connectivity index (χ3n) is 3.92. The summed E-state index contributed by atoms with van der Waals surface area (Å²) in [5, 5.41) is 0.184. The summed E-state index contributed by atoms with van der Waals surface area (Å²) >= 11 is 5.94. The Labute approximate surface area is 126 Å². The highest BCUT2D eigenvalue weighted by atomic mass is 35.5. The minimum atomic E-state index is -0.368. The molecule has 1 aromatic carbocycles. The molecule has 1 aliphatic rings. The lowest BCUT2D eigenvalue weighted by Gasteiger charge is -2.35. The lowest BCUT2D eigenvalue weighted by atomic mass is 9.95. The van der Waals surface area contributed by atoms with Gasteiger partial charge in [0, 0.05) is 18.6 Å². The maximum atomic E-state index is 13.4. The van der Waals surface area contributed by atoms with E-state index in [4.69, 9.17) is 17.3 Å². The summed E-state index contributed by atoms with van der Waals surface area (Å²) in [4.78, 5) is 2.44. The lowest BCUT2D eigenvalue weighted by Crippen LogP contribution is -2.41. The Bertz CT molecular complexity index is 450. The van der Waals surface area contributed by atoms with Crippen LogP contribution in [0.2, 0.25) is 5.02 Å². The molecule has 0 amide bonds. The van der Waals surface area contributed by atoms with E-state index in [1.807, 2.05) is 6.07 Å². The average Bonchev–Trinajstić information content (AvgIpc) is 2.54. The summed E-state index contributed by atoms with van der Waals surface area (Å²) in [6.45, 7) is 6.48. The molecule has 2 unspecified atom stereocenters. The predicted molar refractivity (Wildman–Crippen MR) is 82.4 cm³/mol. The second-order valence-corrected chi connectivity index (χ2v) is 6.57. The quantitative estimate of drug-likeness (QED) is 0.914. The zero-order valence-corrected chi connectivity index (χ0v) is 13.0. The van der Waals surface area contributed by atoms with Crippen LogP contribution in [0.25, 0.3) is 0 Å². The molecule has 2 rings (SSSR count). The van der Waals surface area contributed by atoms with Gasteiger partial charge in [-0.25, -0.2) is 4.39 Å². The summed E-state index contributed by atoms with van der Waals surface area (Å²) < 4.78 is 13.4. The first kappa shape index (κ1) is 15.7. The average molecular weight is 299 g/mol. The SMILES string of the molecule is CC(C)CN1CCCCC(N)C1c1ccc(F)c(Cl)c1. The minimum absolute atomic E-state index is 0.0813. The number of benzene rings is 1. The Morgan fingerprint density at radius 3 is 2.80 bits per heavy atom. The van der Waals surface area contributed by atoms with Gasteiger partial charge < -0.3 is 5.73 Å². The predicted octanol–water partition coefficient (Wildman–Crippen LogP) is 3.99. The second-order valence-electron chi connectivity index (χ2n) is 6.17. The van der Waals surface area contributed by atoms with Crippen molar-refractivity contribution in [2.45, 2.75) is 45.2 Å². The van der Waals surface area contributed by atoms with E-state index < -0.39 is 0 Å². The van der Waals surface area contributed by atoms with E-state index in [9.17, 15) is 4.39 Å². The number of rotatable bonds is 3. The van der Waals surface area contributed by atoms with Crippen LogP contribution >= 0.6 is 11.6 Å². The summed E-state index contributed by atoms with van der Waals surface area (Å²) in [5.41, 5.74) is 7.42. The van der Waals surface area contributed by atoms with Gasteiger partial charge >= 0.3 is 0 Å². The smallest absolute Gasteiger partial charge is 0.141 e. The van der Waals surface area contributed by atoms with Crippen molar-refractivity contribution in [2.24, 2.45) is 11.7 Å². The molecule has 0 bridgehead atoms. The fraction of sp³-hybridized carbons (Fsp3) is 0.625. The molecule has 1 saturated heterocycles. The largest absolute Gasteiger partial charge is 0.326 e. The zero-order valence-electron chi connectivity index (χ0n) is 12.3. The van der Waals surface area contributed by atoms with Crippen molar-refractivity contribution in [2.75, 3.05) is 13.1 Å². The van der Waals surface area contributed by atoms with Crippen LogP contribution in [-0.4, -0.2) is 24.0 Å². The Morgan fingerprint density at radius 2 is 2.15 bits per heavy atom. The molecule has 112 valence electrons. The Morgan fingerprint density at radius 1 is 1.40 bits per heavy atom. The number of likely N-dealkylation sites (tertiary alicyclic amines) is 1. The molecule has 0 saturated carbocycles. The normalized spacial score (nSPS) is 24.9. The highest BCUT2D eigenvalue weighted by Gasteiger charge is 2.29. The van der Waals surface area contributed by atoms with Gasteiger partial charge in [0.1, 0.15) is 5.82 Å². The summed E-state index contributed by atoms with van der Waals surface area (Å²) in [6, 6.07) is 5.23. The zero-order chi connectivity index (χ0) is 14.7. The van der Waals surface area contributed by atoms with Gasteiger partial charge in [0.25, 0.3) is 0 Å². The number of hydrogen-bond acceptors (Lipinski definition) is 2. The standard InChI is InChI=1S/C16H24ClFN2/c1-11(2)10-20-8-4-3-5-15(19)16(20)12-6-7-14(18)13(17)9-12/h6-7,9,11,15-16H,3-5,8,10,19H2,1-2H3. The third kappa shape index (κ3) is 3.72. The van der Waals surface area contributed by atoms with Crippen molar-refractivity contribution >= 4 is 11.6 Å². The van der Waals surface area contributed by atoms with E-state index in [-0.39, 0.29) is 22.9 Å². The topological polar surface area (TPSA) is 29.3 Å². The first-order chi connectivity index (χ1) is 9.49. The van der Waals surface area contributed by atoms with Gasteiger partial charge in [-0.05, 0) is 43.0 Å². The van der Waals surface area contributed by atoms with E-state index in [1.165, 1.54) is 12.5 Å². The molecule has 1 aromatic rings. The first-order valence-electron chi connectivity index (χ1n) is 7.43. The first-order valence-corrected chi connectivity index (χ1v) is 7.81. The van der Waals surface area contributed by atoms with Crippen LogP contribution in [0.3, 0.4) is 0 Å². The van der Waals surface area contributed by atoms with Crippen molar-refractivity contribution in [3.8, 4) is 0 Å². The van der Waals surface area contributed by atoms with Gasteiger partial charge in [-0.2, -0.15) is 0 Å². The fourth-order valence-corrected chi connectivity index (χ4v) is 3.28. The second kappa shape index (κ2) is 6.88. The Hall–Kier alpha value is -0.640. The Balaban J connectivity index is 2.31. The van der Waals surface area contributed by atoms with Crippen molar-refractivity contribution in [1.82, 2.24) is 4.90 Å². The molecule has 1 fully saturated rings. The van der Waals surface area contributed by atoms with Crippen molar-refractivity contribution in [3.05, 3.63) is 34.6 Å². The van der Waals surface area contributed by atoms with Crippen molar-refractivity contribution in [3.63, 3.8) is 0 Å². The van der Waals surface area contributed by atoms with Crippen LogP contribution in [0.1, 0.15) is 44.7 Å². The van der Waals surface area contributed by atoms with Gasteiger partial charge in [-0.15, -0.1) is 0 Å². The molecule has 0 aromatic heterocycles. The lowest BCUT2D eigenvalue weighted by molar-refractivity contribution is 0.165. The molecular weight excluding hydrogens is 275 g/mol. The fourth-order valence-electron chi connectivity index (χ4n) is 3.09. The van der Waals surface area contributed by atoms with E-state index in [2.05, 4.69) is 18.7 Å². The van der Waals surface area contributed by atoms with Gasteiger partial charge in [0.2, 0.25) is 0 Å². The highest BCUT2D eigenvalue weighted by molar-refractivity contribution is 6.30. The maximum absolute atomic E-state index is 13.4. The molecule has 4 heteroatoms. The van der Waals surface area contributed by atoms with Crippen LogP contribution < -0.4 is 5.73 Å². The highest BCUT2D eigenvalue weighted by Crippen LogP contribution is 2.32. The van der Waals surface area contributed by atoms with Crippen LogP contribution in [-0.2, 0) is 0 Å². The molecule has 20 heavy (non-hydrogen) atoms. The molecule has 1 aliphatic heterocycles. The monoisotopic (exact) mass is 298 g/mol. The van der Waals surface area contributed by atoms with Gasteiger partial charge in [-0.3, -0.25) is 4.90 Å². The molecule has 2 N–H and O–H groups in total. The maximum Gasteiger partial charge on any atom is 0.141 e. The summed E-state index contributed by atoms with van der Waals surface area (Å²) in [5.74, 6) is 0.215. The van der Waals surface area contributed by atoms with Crippen LogP contribution in [0, 0.1) is 11.7 Å². The molecule has 1 heterocycles. The van der Waals surface area contributed by atoms with Gasteiger partial charge in [-0.1, -0.05) is 37.9 Å². The third-order valence-corrected chi connectivity index (χ3v) is 4.21. The van der Waals surface area contributed by atoms with Crippen LogP contribution in [0.5, 0.6) is 0 Å². The minimum Gasteiger partial charge on any atom is -0.326 e. The Kier molecular flexibility index (Phi) is 5.42. The molecule has 0 spiro atoms.